The topological polar surface area (TPSA) is 15.3 Å². The predicted molar refractivity (Wildman–Crippen MR) is 81.2 cm³/mol. The Morgan fingerprint density at radius 1 is 1.04 bits per heavy atom. The minimum Gasteiger partial charge on any atom is -0.314 e. The first-order chi connectivity index (χ1) is 10.7. The Kier molecular flexibility index (Phi) is 7.37. The van der Waals surface area contributed by atoms with E-state index in [0.717, 1.165) is 12.1 Å². The van der Waals surface area contributed by atoms with Crippen molar-refractivity contribution in [3.05, 3.63) is 35.4 Å². The molecule has 0 saturated carbocycles. The standard InChI is InChI=1S/C15H18F6N2.ClH/c16-14(17,18)5-4-13(23-8-6-22-7-9-23)11-2-1-3-12(10-11)15(19,20)21;/h1-3,10,13,22H,4-9H2;1H/t13-;/m1./s1. The lowest BCUT2D eigenvalue weighted by molar-refractivity contribution is -0.140. The van der Waals surface area contributed by atoms with Crippen LogP contribution in [0.25, 0.3) is 0 Å². The molecule has 2 rings (SSSR count). The smallest absolute Gasteiger partial charge is 0.314 e. The van der Waals surface area contributed by atoms with Crippen LogP contribution in [0.15, 0.2) is 24.3 Å². The van der Waals surface area contributed by atoms with Gasteiger partial charge in [0.15, 0.2) is 0 Å². The molecule has 0 radical (unpaired) electrons. The van der Waals surface area contributed by atoms with Crippen LogP contribution in [0, 0.1) is 0 Å². The van der Waals surface area contributed by atoms with Gasteiger partial charge in [0.1, 0.15) is 0 Å². The number of benzene rings is 1. The summed E-state index contributed by atoms with van der Waals surface area (Å²) in [5.74, 6) is 0. The van der Waals surface area contributed by atoms with Crippen molar-refractivity contribution in [2.45, 2.75) is 31.2 Å². The van der Waals surface area contributed by atoms with E-state index in [4.69, 9.17) is 0 Å². The molecule has 0 amide bonds. The lowest BCUT2D eigenvalue weighted by Gasteiger charge is -2.35. The first-order valence-electron chi connectivity index (χ1n) is 7.35. The van der Waals surface area contributed by atoms with Crippen molar-refractivity contribution in [2.24, 2.45) is 0 Å². The molecule has 0 aromatic heterocycles. The van der Waals surface area contributed by atoms with Crippen LogP contribution in [0.4, 0.5) is 26.3 Å². The third-order valence-electron chi connectivity index (χ3n) is 3.89. The summed E-state index contributed by atoms with van der Waals surface area (Å²) in [4.78, 5) is 1.82. The van der Waals surface area contributed by atoms with Gasteiger partial charge in [-0.3, -0.25) is 4.90 Å². The zero-order valence-corrected chi connectivity index (χ0v) is 13.6. The molecule has 9 heteroatoms. The lowest BCUT2D eigenvalue weighted by Crippen LogP contribution is -2.45. The van der Waals surface area contributed by atoms with E-state index in [-0.39, 0.29) is 24.4 Å². The zero-order chi connectivity index (χ0) is 17.1. The highest BCUT2D eigenvalue weighted by molar-refractivity contribution is 5.85. The summed E-state index contributed by atoms with van der Waals surface area (Å²) in [5, 5.41) is 3.09. The third kappa shape index (κ3) is 6.14. The highest BCUT2D eigenvalue weighted by Gasteiger charge is 2.34. The molecule has 2 nitrogen and oxygen atoms in total. The van der Waals surface area contributed by atoms with Gasteiger partial charge in [0, 0.05) is 38.6 Å². The fraction of sp³-hybridized carbons (Fsp3) is 0.600. The maximum atomic E-state index is 12.8. The number of halogens is 7. The van der Waals surface area contributed by atoms with E-state index < -0.39 is 30.4 Å². The Hall–Kier alpha value is -0.990. The Bertz CT molecular complexity index is 511. The molecule has 1 N–H and O–H groups in total. The van der Waals surface area contributed by atoms with E-state index in [1.54, 1.807) is 0 Å². The van der Waals surface area contributed by atoms with Crippen LogP contribution in [0.3, 0.4) is 0 Å². The van der Waals surface area contributed by atoms with Gasteiger partial charge in [-0.05, 0) is 24.1 Å². The minimum atomic E-state index is -4.51. The van der Waals surface area contributed by atoms with Crippen LogP contribution in [0.2, 0.25) is 0 Å². The van der Waals surface area contributed by atoms with Crippen molar-refractivity contribution in [2.75, 3.05) is 26.2 Å². The van der Waals surface area contributed by atoms with Crippen molar-refractivity contribution >= 4 is 12.4 Å². The number of hydrogen-bond acceptors (Lipinski definition) is 2. The molecule has 138 valence electrons. The molecule has 1 aromatic rings. The Morgan fingerprint density at radius 3 is 2.21 bits per heavy atom. The van der Waals surface area contributed by atoms with E-state index in [1.807, 2.05) is 4.90 Å². The molecule has 0 bridgehead atoms. The molecule has 1 aromatic carbocycles. The van der Waals surface area contributed by atoms with Crippen LogP contribution in [-0.2, 0) is 6.18 Å². The van der Waals surface area contributed by atoms with E-state index in [2.05, 4.69) is 5.32 Å². The zero-order valence-electron chi connectivity index (χ0n) is 12.8. The summed E-state index contributed by atoms with van der Waals surface area (Å²) in [7, 11) is 0. The van der Waals surface area contributed by atoms with Gasteiger partial charge in [-0.15, -0.1) is 12.4 Å². The molecule has 0 aliphatic carbocycles. The van der Waals surface area contributed by atoms with Crippen LogP contribution in [0.5, 0.6) is 0 Å². The summed E-state index contributed by atoms with van der Waals surface area (Å²) >= 11 is 0. The van der Waals surface area contributed by atoms with E-state index in [1.165, 1.54) is 12.1 Å². The normalized spacial score (nSPS) is 18.1. The van der Waals surface area contributed by atoms with Gasteiger partial charge in [-0.25, -0.2) is 0 Å². The van der Waals surface area contributed by atoms with Crippen molar-refractivity contribution in [3.63, 3.8) is 0 Å². The van der Waals surface area contributed by atoms with Gasteiger partial charge in [-0.1, -0.05) is 12.1 Å². The highest BCUT2D eigenvalue weighted by atomic mass is 35.5. The Morgan fingerprint density at radius 2 is 1.67 bits per heavy atom. The second-order valence-corrected chi connectivity index (χ2v) is 5.58. The van der Waals surface area contributed by atoms with E-state index >= 15 is 0 Å². The number of hydrogen-bond donors (Lipinski definition) is 1. The van der Waals surface area contributed by atoms with E-state index in [0.29, 0.717) is 26.2 Å². The van der Waals surface area contributed by atoms with Crippen molar-refractivity contribution in [1.29, 1.82) is 0 Å². The molecule has 1 atom stereocenters. The number of nitrogens with one attached hydrogen (secondary N) is 1. The van der Waals surface area contributed by atoms with E-state index in [9.17, 15) is 26.3 Å². The largest absolute Gasteiger partial charge is 0.416 e. The van der Waals surface area contributed by atoms with Crippen molar-refractivity contribution in [3.8, 4) is 0 Å². The fourth-order valence-corrected chi connectivity index (χ4v) is 2.78. The molecule has 1 saturated heterocycles. The third-order valence-corrected chi connectivity index (χ3v) is 3.89. The maximum Gasteiger partial charge on any atom is 0.416 e. The number of rotatable bonds is 4. The van der Waals surface area contributed by atoms with Gasteiger partial charge in [0.05, 0.1) is 5.56 Å². The predicted octanol–water partition coefficient (Wildman–Crippen LogP) is 4.42. The van der Waals surface area contributed by atoms with Crippen molar-refractivity contribution < 1.29 is 26.3 Å². The SMILES string of the molecule is Cl.FC(F)(F)CC[C@H](c1cccc(C(F)(F)F)c1)N1CCNCC1. The van der Waals surface area contributed by atoms with Gasteiger partial charge in [0.25, 0.3) is 0 Å². The first-order valence-corrected chi connectivity index (χ1v) is 7.35. The van der Waals surface area contributed by atoms with Crippen LogP contribution in [0.1, 0.15) is 30.0 Å². The van der Waals surface area contributed by atoms with Crippen LogP contribution < -0.4 is 5.32 Å². The second kappa shape index (κ2) is 8.40. The molecular weight excluding hydrogens is 358 g/mol. The van der Waals surface area contributed by atoms with Gasteiger partial charge < -0.3 is 5.32 Å². The maximum absolute atomic E-state index is 12.8. The minimum absolute atomic E-state index is 0. The van der Waals surface area contributed by atoms with Gasteiger partial charge in [0.2, 0.25) is 0 Å². The summed E-state index contributed by atoms with van der Waals surface area (Å²) in [6.07, 6.45) is -10.1. The average molecular weight is 377 g/mol. The molecular formula is C15H19ClF6N2. The van der Waals surface area contributed by atoms with Gasteiger partial charge in [-0.2, -0.15) is 26.3 Å². The summed E-state index contributed by atoms with van der Waals surface area (Å²) in [5.41, 5.74) is -0.548. The molecule has 0 spiro atoms. The van der Waals surface area contributed by atoms with Crippen LogP contribution >= 0.6 is 12.4 Å². The molecule has 1 heterocycles. The quantitative estimate of drug-likeness (QED) is 0.783. The Balaban J connectivity index is 0.00000288. The second-order valence-electron chi connectivity index (χ2n) is 5.58. The number of piperazine rings is 1. The van der Waals surface area contributed by atoms with Crippen molar-refractivity contribution in [1.82, 2.24) is 10.2 Å². The molecule has 1 aliphatic heterocycles. The number of alkyl halides is 6. The summed E-state index contributed by atoms with van der Waals surface area (Å²) in [6.45, 7) is 2.25. The molecule has 0 unspecified atom stereocenters. The monoisotopic (exact) mass is 376 g/mol. The highest BCUT2D eigenvalue weighted by Crippen LogP contribution is 2.35. The fourth-order valence-electron chi connectivity index (χ4n) is 2.78. The Labute approximate surface area is 142 Å². The first kappa shape index (κ1) is 21.1. The molecule has 1 aliphatic rings. The number of nitrogens with zero attached hydrogens (tertiary/aromatic N) is 1. The average Bonchev–Trinajstić information content (AvgIpc) is 2.47. The van der Waals surface area contributed by atoms with Gasteiger partial charge >= 0.3 is 12.4 Å². The van der Waals surface area contributed by atoms with Crippen LogP contribution in [-0.4, -0.2) is 37.3 Å². The summed E-state index contributed by atoms with van der Waals surface area (Å²) < 4.78 is 76.2. The molecule has 24 heavy (non-hydrogen) atoms. The molecule has 1 fully saturated rings. The summed E-state index contributed by atoms with van der Waals surface area (Å²) in [6, 6.07) is 3.95. The lowest BCUT2D eigenvalue weighted by atomic mass is 9.97.